The number of benzene rings is 4. The van der Waals surface area contributed by atoms with E-state index < -0.39 is 7.92 Å². The van der Waals surface area contributed by atoms with E-state index >= 15 is 0 Å². The molecule has 0 aromatic heterocycles. The maximum atomic E-state index is 4.61. The predicted molar refractivity (Wildman–Crippen MR) is 142 cm³/mol. The van der Waals surface area contributed by atoms with Crippen LogP contribution in [-0.2, 0) is 18.8 Å². The predicted octanol–water partition coefficient (Wildman–Crippen LogP) is 6.95. The van der Waals surface area contributed by atoms with Gasteiger partial charge in [-0.05, 0) is 36.4 Å². The van der Waals surface area contributed by atoms with Gasteiger partial charge < -0.3 is 5.32 Å². The third-order valence-corrected chi connectivity index (χ3v) is 8.25. The molecular weight excluding hydrogens is 624 g/mol. The Morgan fingerprint density at radius 1 is 0.667 bits per heavy atom. The van der Waals surface area contributed by atoms with Crippen LogP contribution in [0.15, 0.2) is 115 Å². The fourth-order valence-electron chi connectivity index (χ4n) is 3.97. The number of hydrogen-bond acceptors (Lipinski definition) is 0. The van der Waals surface area contributed by atoms with Gasteiger partial charge in [0.15, 0.2) is 0 Å². The molecule has 0 radical (unpaired) electrons. The molecule has 0 amide bonds. The van der Waals surface area contributed by atoms with Crippen molar-refractivity contribution in [3.05, 3.63) is 132 Å². The standard InChI is InChI=1S/C18H15P.C11H13N.ClH.Pt/c1-4-10-16(11-5-1)19(17-12-6-2-7-13-17)18-14-8-3-9-15-18;1-2-6-10(7-3-1)11-8-4-5-9-12-11;;/h1-15H;1-3,6,11H,4-5,8-9H2;1H;/q;-2;;+1. The number of rotatable bonds is 4. The zero-order chi connectivity index (χ0) is 23.1. The molecule has 1 saturated heterocycles. The van der Waals surface area contributed by atoms with E-state index in [9.17, 15) is 0 Å². The molecule has 1 atom stereocenters. The average molecular weight is 653 g/mol. The maximum absolute atomic E-state index is 4.61. The Kier molecular flexibility index (Phi) is 11.9. The number of piperidine rings is 1. The van der Waals surface area contributed by atoms with Gasteiger partial charge in [-0.1, -0.05) is 73.9 Å². The number of halogens is 1. The summed E-state index contributed by atoms with van der Waals surface area (Å²) in [5, 5.41) is 8.87. The van der Waals surface area contributed by atoms with Gasteiger partial charge >= 0.3 is 28.2 Å². The van der Waals surface area contributed by atoms with Crippen LogP contribution in [0.2, 0.25) is 0 Å². The summed E-state index contributed by atoms with van der Waals surface area (Å²) in [5.74, 6) is 0. The Morgan fingerprint density at radius 2 is 1.15 bits per heavy atom. The summed E-state index contributed by atoms with van der Waals surface area (Å²) in [4.78, 5) is 0. The first-order valence-electron chi connectivity index (χ1n) is 11.2. The van der Waals surface area contributed by atoms with Crippen LogP contribution < -0.4 is 15.9 Å². The molecule has 0 bridgehead atoms. The molecular formula is C29H29ClNPPt-. The van der Waals surface area contributed by atoms with Gasteiger partial charge in [0.1, 0.15) is 15.9 Å². The van der Waals surface area contributed by atoms with E-state index in [0.717, 1.165) is 6.54 Å². The summed E-state index contributed by atoms with van der Waals surface area (Å²) < 4.78 is 0. The molecule has 0 saturated carbocycles. The summed E-state index contributed by atoms with van der Waals surface area (Å²) >= 11 is 1.61. The van der Waals surface area contributed by atoms with E-state index in [0.29, 0.717) is 6.04 Å². The molecule has 33 heavy (non-hydrogen) atoms. The quantitative estimate of drug-likeness (QED) is 0.167. The number of nitrogens with zero attached hydrogens (tertiary/aromatic N) is 1. The molecule has 0 aliphatic carbocycles. The second-order valence-corrected chi connectivity index (χ2v) is 10.2. The molecule has 1 aliphatic heterocycles. The zero-order valence-corrected chi connectivity index (χ0v) is 22.5. The van der Waals surface area contributed by atoms with Crippen molar-refractivity contribution >= 4 is 33.3 Å². The monoisotopic (exact) mass is 652 g/mol. The molecule has 4 aromatic rings. The SMILES string of the molecule is [Cl][Pt].[c-]1ccccc1C1CCCC[N-]1.c1ccc([PH+](c2ccccc2)c2ccccc2)cc1. The summed E-state index contributed by atoms with van der Waals surface area (Å²) in [6.45, 7) is 1.04. The van der Waals surface area contributed by atoms with Gasteiger partial charge in [-0.2, -0.15) is 35.9 Å². The first kappa shape index (κ1) is 25.9. The third-order valence-electron chi connectivity index (χ3n) is 5.51. The van der Waals surface area contributed by atoms with E-state index in [1.165, 1.54) is 40.7 Å². The molecule has 1 aliphatic rings. The second kappa shape index (κ2) is 15.2. The van der Waals surface area contributed by atoms with Crippen LogP contribution in [0.1, 0.15) is 30.9 Å². The zero-order valence-electron chi connectivity index (χ0n) is 18.5. The molecule has 4 heteroatoms. The van der Waals surface area contributed by atoms with Crippen molar-refractivity contribution in [1.29, 1.82) is 0 Å². The van der Waals surface area contributed by atoms with Gasteiger partial charge in [0.05, 0.1) is 7.92 Å². The van der Waals surface area contributed by atoms with Crippen molar-refractivity contribution < 1.29 is 18.8 Å². The van der Waals surface area contributed by atoms with E-state index in [4.69, 9.17) is 0 Å². The Hall–Kier alpha value is -1.75. The van der Waals surface area contributed by atoms with Crippen molar-refractivity contribution in [1.82, 2.24) is 0 Å². The maximum Gasteiger partial charge on any atom is 0.102 e. The first-order chi connectivity index (χ1) is 16.4. The summed E-state index contributed by atoms with van der Waals surface area (Å²) in [6.07, 6.45) is 3.79. The van der Waals surface area contributed by atoms with E-state index in [1.807, 2.05) is 12.1 Å². The third kappa shape index (κ3) is 8.20. The van der Waals surface area contributed by atoms with Gasteiger partial charge in [0.2, 0.25) is 0 Å². The van der Waals surface area contributed by atoms with Crippen molar-refractivity contribution in [2.75, 3.05) is 6.54 Å². The molecule has 1 unspecified atom stereocenters. The smallest absolute Gasteiger partial charge is 0.102 e. The Balaban J connectivity index is 0.000000188. The summed E-state index contributed by atoms with van der Waals surface area (Å²) in [6, 6.07) is 44.3. The molecule has 173 valence electrons. The fraction of sp³-hybridized carbons (Fsp3) is 0.172. The van der Waals surface area contributed by atoms with Crippen molar-refractivity contribution in [3.63, 3.8) is 0 Å². The fourth-order valence-corrected chi connectivity index (χ4v) is 6.55. The van der Waals surface area contributed by atoms with E-state index in [2.05, 4.69) is 124 Å². The molecule has 1 nitrogen and oxygen atoms in total. The Bertz CT molecular complexity index is 917. The first-order valence-corrected chi connectivity index (χ1v) is 15.5. The summed E-state index contributed by atoms with van der Waals surface area (Å²) in [7, 11) is 3.73. The molecule has 4 aromatic carbocycles. The van der Waals surface area contributed by atoms with Crippen molar-refractivity contribution in [2.24, 2.45) is 0 Å². The van der Waals surface area contributed by atoms with Gasteiger partial charge in [-0.3, -0.25) is 0 Å². The van der Waals surface area contributed by atoms with Crippen LogP contribution in [0.3, 0.4) is 0 Å². The van der Waals surface area contributed by atoms with E-state index in [-0.39, 0.29) is 0 Å². The van der Waals surface area contributed by atoms with Gasteiger partial charge in [-0.25, -0.2) is 0 Å². The van der Waals surface area contributed by atoms with E-state index in [1.54, 1.807) is 18.8 Å². The topological polar surface area (TPSA) is 14.1 Å². The van der Waals surface area contributed by atoms with Crippen LogP contribution >= 0.6 is 17.3 Å². The van der Waals surface area contributed by atoms with Gasteiger partial charge in [0.25, 0.3) is 0 Å². The van der Waals surface area contributed by atoms with Crippen LogP contribution in [0, 0.1) is 6.07 Å². The van der Waals surface area contributed by atoms with Crippen LogP contribution in [0.25, 0.3) is 5.32 Å². The minimum Gasteiger partial charge on any atom is -0.657 e. The second-order valence-electron chi connectivity index (χ2n) is 7.71. The minimum atomic E-state index is -0.877. The Labute approximate surface area is 215 Å². The Morgan fingerprint density at radius 3 is 1.55 bits per heavy atom. The molecule has 0 spiro atoms. The molecule has 1 heterocycles. The van der Waals surface area contributed by atoms with Gasteiger partial charge in [0, 0.05) is 0 Å². The van der Waals surface area contributed by atoms with Crippen molar-refractivity contribution in [3.8, 4) is 0 Å². The van der Waals surface area contributed by atoms with Crippen LogP contribution in [-0.4, -0.2) is 6.54 Å². The molecule has 5 rings (SSSR count). The van der Waals surface area contributed by atoms with Crippen molar-refractivity contribution in [2.45, 2.75) is 25.3 Å². The van der Waals surface area contributed by atoms with Crippen LogP contribution in [0.4, 0.5) is 0 Å². The molecule has 0 N–H and O–H groups in total. The number of hydrogen-bond donors (Lipinski definition) is 0. The normalized spacial score (nSPS) is 15.0. The minimum absolute atomic E-state index is 0.431. The molecule has 1 fully saturated rings. The van der Waals surface area contributed by atoms with Gasteiger partial charge in [-0.15, -0.1) is 12.6 Å². The average Bonchev–Trinajstić information content (AvgIpc) is 2.93. The van der Waals surface area contributed by atoms with Crippen LogP contribution in [0.5, 0.6) is 0 Å². The summed E-state index contributed by atoms with van der Waals surface area (Å²) in [5.41, 5.74) is 1.26. The largest absolute Gasteiger partial charge is 0.657 e.